The zero-order valence-corrected chi connectivity index (χ0v) is 11.4. The van der Waals surface area contributed by atoms with E-state index in [-0.39, 0.29) is 17.3 Å². The Hall–Kier alpha value is -0.790. The molecule has 1 aromatic rings. The fourth-order valence-corrected chi connectivity index (χ4v) is 3.86. The maximum Gasteiger partial charge on any atom is 0.250 e. The number of azide groups is 1. The first-order valence-corrected chi connectivity index (χ1v) is 7.41. The molecule has 1 aromatic heterocycles. The minimum absolute atomic E-state index is 0.198. The van der Waals surface area contributed by atoms with Gasteiger partial charge < -0.3 is 0 Å². The second kappa shape index (κ2) is 6.23. The van der Waals surface area contributed by atoms with E-state index in [0.717, 1.165) is 16.9 Å². The van der Waals surface area contributed by atoms with Crippen LogP contribution in [0.3, 0.4) is 0 Å². The molecule has 1 heterocycles. The molecule has 0 saturated heterocycles. The average molecular weight is 295 g/mol. The van der Waals surface area contributed by atoms with Gasteiger partial charge in [0.1, 0.15) is 4.21 Å². The summed E-state index contributed by atoms with van der Waals surface area (Å²) < 4.78 is 26.6. The second-order valence-electron chi connectivity index (χ2n) is 3.23. The van der Waals surface area contributed by atoms with Gasteiger partial charge in [0, 0.05) is 18.0 Å². The molecular weight excluding hydrogens is 284 g/mol. The lowest BCUT2D eigenvalue weighted by atomic mass is 10.4. The van der Waals surface area contributed by atoms with Crippen molar-refractivity contribution in [2.24, 2.45) is 5.11 Å². The van der Waals surface area contributed by atoms with Crippen molar-refractivity contribution in [1.29, 1.82) is 0 Å². The molecule has 0 bridgehead atoms. The Morgan fingerprint density at radius 1 is 1.65 bits per heavy atom. The van der Waals surface area contributed by atoms with Gasteiger partial charge in [-0.25, -0.2) is 13.1 Å². The van der Waals surface area contributed by atoms with Crippen LogP contribution in [-0.4, -0.2) is 21.5 Å². The molecule has 0 saturated carbocycles. The van der Waals surface area contributed by atoms with E-state index in [2.05, 4.69) is 14.7 Å². The van der Waals surface area contributed by atoms with E-state index < -0.39 is 10.0 Å². The number of rotatable bonds is 6. The van der Waals surface area contributed by atoms with E-state index in [9.17, 15) is 8.42 Å². The van der Waals surface area contributed by atoms with Crippen LogP contribution in [-0.2, 0) is 10.0 Å². The average Bonchev–Trinajstić information content (AvgIpc) is 2.60. The quantitative estimate of drug-likeness (QED) is 0.378. The molecule has 0 unspecified atom stereocenters. The Labute approximate surface area is 108 Å². The van der Waals surface area contributed by atoms with Gasteiger partial charge in [-0.1, -0.05) is 16.7 Å². The summed E-state index contributed by atoms with van der Waals surface area (Å²) in [7, 11) is -3.50. The summed E-state index contributed by atoms with van der Waals surface area (Å²) in [6.45, 7) is 2.25. The first-order valence-electron chi connectivity index (χ1n) is 4.74. The summed E-state index contributed by atoms with van der Waals surface area (Å²) in [5.74, 6) is 0. The minimum Gasteiger partial charge on any atom is -0.210 e. The van der Waals surface area contributed by atoms with Crippen LogP contribution in [0.15, 0.2) is 15.4 Å². The highest BCUT2D eigenvalue weighted by Crippen LogP contribution is 2.29. The van der Waals surface area contributed by atoms with Crippen LogP contribution >= 0.6 is 22.9 Å². The molecule has 1 rings (SSSR count). The van der Waals surface area contributed by atoms with Crippen molar-refractivity contribution >= 4 is 33.0 Å². The fourth-order valence-electron chi connectivity index (χ4n) is 1.04. The second-order valence-corrected chi connectivity index (χ2v) is 6.88. The lowest BCUT2D eigenvalue weighted by molar-refractivity contribution is 0.581. The third-order valence-corrected chi connectivity index (χ3v) is 5.38. The predicted octanol–water partition coefficient (Wildman–Crippen LogP) is 2.69. The first-order chi connectivity index (χ1) is 7.97. The van der Waals surface area contributed by atoms with E-state index in [1.807, 2.05) is 0 Å². The number of hydrogen-bond acceptors (Lipinski definition) is 4. The number of nitrogens with one attached hydrogen (secondary N) is 1. The summed E-state index contributed by atoms with van der Waals surface area (Å²) in [6.07, 6.45) is 0.460. The van der Waals surface area contributed by atoms with Crippen molar-refractivity contribution in [3.05, 3.63) is 26.4 Å². The van der Waals surface area contributed by atoms with Crippen LogP contribution in [0, 0.1) is 6.92 Å². The summed E-state index contributed by atoms with van der Waals surface area (Å²) >= 11 is 6.83. The summed E-state index contributed by atoms with van der Waals surface area (Å²) in [6, 6.07) is 1.53. The van der Waals surface area contributed by atoms with E-state index >= 15 is 0 Å². The van der Waals surface area contributed by atoms with Gasteiger partial charge in [0.25, 0.3) is 0 Å². The highest BCUT2D eigenvalue weighted by Gasteiger charge is 2.17. The molecule has 0 radical (unpaired) electrons. The Kier molecular flexibility index (Phi) is 5.23. The van der Waals surface area contributed by atoms with Crippen molar-refractivity contribution in [3.8, 4) is 0 Å². The molecule has 0 amide bonds. The fraction of sp³-hybridized carbons (Fsp3) is 0.500. The molecule has 0 atom stereocenters. The SMILES string of the molecule is Cc1cc(S(=O)(=O)NCCCN=[N+]=[N-])sc1Cl. The highest BCUT2D eigenvalue weighted by atomic mass is 35.5. The van der Waals surface area contributed by atoms with Crippen molar-refractivity contribution in [2.75, 3.05) is 13.1 Å². The van der Waals surface area contributed by atoms with E-state index in [1.54, 1.807) is 6.92 Å². The molecule has 0 aliphatic rings. The summed E-state index contributed by atoms with van der Waals surface area (Å²) in [5, 5.41) is 3.31. The van der Waals surface area contributed by atoms with E-state index in [4.69, 9.17) is 17.1 Å². The zero-order valence-electron chi connectivity index (χ0n) is 9.05. The molecule has 0 aliphatic heterocycles. The third-order valence-electron chi connectivity index (χ3n) is 1.89. The zero-order chi connectivity index (χ0) is 12.9. The van der Waals surface area contributed by atoms with Gasteiger partial charge in [0.15, 0.2) is 0 Å². The Balaban J connectivity index is 2.60. The number of nitrogens with zero attached hydrogens (tertiary/aromatic N) is 3. The molecule has 94 valence electrons. The van der Waals surface area contributed by atoms with Crippen molar-refractivity contribution in [1.82, 2.24) is 4.72 Å². The Morgan fingerprint density at radius 2 is 2.35 bits per heavy atom. The van der Waals surface area contributed by atoms with Crippen molar-refractivity contribution in [3.63, 3.8) is 0 Å². The Morgan fingerprint density at radius 3 is 2.88 bits per heavy atom. The molecule has 0 spiro atoms. The predicted molar refractivity (Wildman–Crippen MR) is 67.9 cm³/mol. The van der Waals surface area contributed by atoms with Gasteiger partial charge in [-0.05, 0) is 30.5 Å². The van der Waals surface area contributed by atoms with Gasteiger partial charge in [0.2, 0.25) is 10.0 Å². The first kappa shape index (κ1) is 14.3. The molecule has 1 N–H and O–H groups in total. The van der Waals surface area contributed by atoms with Crippen LogP contribution in [0.1, 0.15) is 12.0 Å². The largest absolute Gasteiger partial charge is 0.250 e. The molecule has 6 nitrogen and oxygen atoms in total. The standard InChI is InChI=1S/C8H11ClN4O2S2/c1-6-5-7(16-8(6)9)17(14,15)12-4-2-3-11-13-10/h5,12H,2-4H2,1H3. The number of sulfonamides is 1. The summed E-state index contributed by atoms with van der Waals surface area (Å²) in [4.78, 5) is 2.58. The molecule has 17 heavy (non-hydrogen) atoms. The third kappa shape index (κ3) is 4.18. The topological polar surface area (TPSA) is 94.9 Å². The van der Waals surface area contributed by atoms with Gasteiger partial charge in [-0.2, -0.15) is 0 Å². The Bertz CT molecular complexity index is 514. The van der Waals surface area contributed by atoms with Gasteiger partial charge >= 0.3 is 0 Å². The molecular formula is C8H11ClN4O2S2. The number of hydrogen-bond donors (Lipinski definition) is 1. The molecule has 0 aliphatic carbocycles. The maximum atomic E-state index is 11.8. The monoisotopic (exact) mass is 294 g/mol. The molecule has 0 aromatic carbocycles. The summed E-state index contributed by atoms with van der Waals surface area (Å²) in [5.41, 5.74) is 8.79. The van der Waals surface area contributed by atoms with Crippen LogP contribution in [0.4, 0.5) is 0 Å². The normalized spacial score (nSPS) is 11.2. The van der Waals surface area contributed by atoms with Crippen LogP contribution in [0.2, 0.25) is 4.34 Å². The molecule has 0 fully saturated rings. The highest BCUT2D eigenvalue weighted by molar-refractivity contribution is 7.91. The van der Waals surface area contributed by atoms with Gasteiger partial charge in [-0.15, -0.1) is 11.3 Å². The maximum absolute atomic E-state index is 11.8. The van der Waals surface area contributed by atoms with Gasteiger partial charge in [-0.3, -0.25) is 0 Å². The molecule has 9 heteroatoms. The van der Waals surface area contributed by atoms with Crippen LogP contribution in [0.25, 0.3) is 10.4 Å². The lowest BCUT2D eigenvalue weighted by Gasteiger charge is -2.02. The van der Waals surface area contributed by atoms with Crippen LogP contribution < -0.4 is 4.72 Å². The van der Waals surface area contributed by atoms with E-state index in [0.29, 0.717) is 10.8 Å². The minimum atomic E-state index is -3.50. The van der Waals surface area contributed by atoms with E-state index in [1.165, 1.54) is 6.07 Å². The van der Waals surface area contributed by atoms with Crippen LogP contribution in [0.5, 0.6) is 0 Å². The lowest BCUT2D eigenvalue weighted by Crippen LogP contribution is -2.24. The van der Waals surface area contributed by atoms with Gasteiger partial charge in [0.05, 0.1) is 4.34 Å². The number of thiophene rings is 1. The number of aryl methyl sites for hydroxylation is 1. The van der Waals surface area contributed by atoms with Crippen molar-refractivity contribution in [2.45, 2.75) is 17.6 Å². The number of halogens is 1. The van der Waals surface area contributed by atoms with Crippen molar-refractivity contribution < 1.29 is 8.42 Å². The smallest absolute Gasteiger partial charge is 0.210 e.